The molecule has 90 valence electrons. The van der Waals surface area contributed by atoms with E-state index in [-0.39, 0.29) is 10.0 Å². The first-order chi connectivity index (χ1) is 7.38. The topological polar surface area (TPSA) is 71.4 Å². The van der Waals surface area contributed by atoms with Gasteiger partial charge in [-0.05, 0) is 18.6 Å². The van der Waals surface area contributed by atoms with Crippen molar-refractivity contribution in [2.45, 2.75) is 24.7 Å². The molecule has 0 aromatic heterocycles. The van der Waals surface area contributed by atoms with Gasteiger partial charge in [0.1, 0.15) is 0 Å². The molecule has 0 aliphatic heterocycles. The Morgan fingerprint density at radius 3 is 2.00 bits per heavy atom. The second-order valence-corrected chi connectivity index (χ2v) is 4.85. The van der Waals surface area contributed by atoms with Gasteiger partial charge < -0.3 is 0 Å². The lowest BCUT2D eigenvalue weighted by Crippen LogP contribution is -1.96. The van der Waals surface area contributed by atoms with Crippen LogP contribution in [-0.2, 0) is 14.9 Å². The third-order valence-corrected chi connectivity index (χ3v) is 2.60. The van der Waals surface area contributed by atoms with Crippen LogP contribution in [0.4, 0.5) is 0 Å². The molecule has 6 heteroatoms. The summed E-state index contributed by atoms with van der Waals surface area (Å²) >= 11 is 3.54. The van der Waals surface area contributed by atoms with E-state index in [9.17, 15) is 13.2 Å². The predicted octanol–water partition coefficient (Wildman–Crippen LogP) is 2.18. The standard InChI is InChI=1S/C6H6O3S.C4H8OS/c7-10(8,9)6-4-2-1-3-5-6;1-2-3-4(5)6/h1-5H,(H,7,8,9);2-3H2,1H3,(H,5,6). The van der Waals surface area contributed by atoms with Crippen LogP contribution in [-0.4, -0.2) is 18.1 Å². The molecule has 0 bridgehead atoms. The third kappa shape index (κ3) is 7.44. The summed E-state index contributed by atoms with van der Waals surface area (Å²) < 4.78 is 29.2. The summed E-state index contributed by atoms with van der Waals surface area (Å²) in [6.45, 7) is 1.95. The van der Waals surface area contributed by atoms with Crippen LogP contribution in [0.5, 0.6) is 0 Å². The Morgan fingerprint density at radius 2 is 1.81 bits per heavy atom. The van der Waals surface area contributed by atoms with E-state index in [1.165, 1.54) is 12.1 Å². The smallest absolute Gasteiger partial charge is 0.288 e. The van der Waals surface area contributed by atoms with Crippen LogP contribution in [0.15, 0.2) is 35.2 Å². The number of hydrogen-bond donors (Lipinski definition) is 2. The molecule has 0 saturated heterocycles. The molecule has 0 saturated carbocycles. The summed E-state index contributed by atoms with van der Waals surface area (Å²) in [5, 5.41) is -0.0162. The van der Waals surface area contributed by atoms with E-state index >= 15 is 0 Å². The molecule has 1 aromatic carbocycles. The normalized spacial score (nSPS) is 10.2. The molecular formula is C10H14O4S2. The van der Waals surface area contributed by atoms with E-state index in [0.717, 1.165) is 6.42 Å². The van der Waals surface area contributed by atoms with E-state index in [2.05, 4.69) is 12.6 Å². The van der Waals surface area contributed by atoms with Gasteiger partial charge >= 0.3 is 0 Å². The van der Waals surface area contributed by atoms with Crippen LogP contribution in [0.1, 0.15) is 19.8 Å². The Balaban J connectivity index is 0.000000325. The highest BCUT2D eigenvalue weighted by molar-refractivity contribution is 7.96. The summed E-state index contributed by atoms with van der Waals surface area (Å²) in [6.07, 6.45) is 1.51. The molecule has 1 rings (SSSR count). The summed E-state index contributed by atoms with van der Waals surface area (Å²) in [5.74, 6) is 0. The van der Waals surface area contributed by atoms with E-state index in [1.807, 2.05) is 6.92 Å². The van der Waals surface area contributed by atoms with Gasteiger partial charge in [0, 0.05) is 6.42 Å². The minimum atomic E-state index is -4.00. The van der Waals surface area contributed by atoms with Crippen molar-refractivity contribution in [3.63, 3.8) is 0 Å². The summed E-state index contributed by atoms with van der Waals surface area (Å²) in [5.41, 5.74) is 0. The molecule has 4 nitrogen and oxygen atoms in total. The highest BCUT2D eigenvalue weighted by Crippen LogP contribution is 2.05. The van der Waals surface area contributed by atoms with E-state index in [4.69, 9.17) is 4.55 Å². The summed E-state index contributed by atoms with van der Waals surface area (Å²) in [6, 6.07) is 7.42. The molecule has 0 aliphatic rings. The maximum atomic E-state index is 10.4. The van der Waals surface area contributed by atoms with Crippen molar-refractivity contribution in [2.75, 3.05) is 0 Å². The van der Waals surface area contributed by atoms with Crippen LogP contribution in [0.25, 0.3) is 0 Å². The van der Waals surface area contributed by atoms with Crippen LogP contribution >= 0.6 is 12.6 Å². The minimum absolute atomic E-state index is 0.0162. The molecule has 0 spiro atoms. The van der Waals surface area contributed by atoms with Gasteiger partial charge in [0.2, 0.25) is 0 Å². The molecule has 16 heavy (non-hydrogen) atoms. The van der Waals surface area contributed by atoms with E-state index < -0.39 is 10.1 Å². The first-order valence-electron chi connectivity index (χ1n) is 4.62. The van der Waals surface area contributed by atoms with Crippen molar-refractivity contribution >= 4 is 27.9 Å². The fraction of sp³-hybridized carbons (Fsp3) is 0.300. The maximum absolute atomic E-state index is 10.4. The highest BCUT2D eigenvalue weighted by Gasteiger charge is 2.05. The molecule has 0 atom stereocenters. The first kappa shape index (κ1) is 15.2. The second kappa shape index (κ2) is 7.43. The zero-order valence-electron chi connectivity index (χ0n) is 8.83. The molecule has 1 N–H and O–H groups in total. The first-order valence-corrected chi connectivity index (χ1v) is 6.51. The molecule has 0 unspecified atom stereocenters. The Morgan fingerprint density at radius 1 is 1.31 bits per heavy atom. The lowest BCUT2D eigenvalue weighted by atomic mass is 10.4. The van der Waals surface area contributed by atoms with Crippen molar-refractivity contribution in [2.24, 2.45) is 0 Å². The lowest BCUT2D eigenvalue weighted by Gasteiger charge is -1.92. The van der Waals surface area contributed by atoms with E-state index in [1.54, 1.807) is 18.2 Å². The van der Waals surface area contributed by atoms with Gasteiger partial charge in [-0.2, -0.15) is 8.42 Å². The zero-order chi connectivity index (χ0) is 12.6. The molecule has 1 aromatic rings. The Kier molecular flexibility index (Phi) is 7.03. The third-order valence-electron chi connectivity index (χ3n) is 1.50. The lowest BCUT2D eigenvalue weighted by molar-refractivity contribution is -0.110. The summed E-state index contributed by atoms with van der Waals surface area (Å²) in [7, 11) is -4.00. The van der Waals surface area contributed by atoms with Crippen molar-refractivity contribution in [3.8, 4) is 0 Å². The molecule has 0 fully saturated rings. The zero-order valence-corrected chi connectivity index (χ0v) is 10.5. The number of thiol groups is 1. The minimum Gasteiger partial charge on any atom is -0.288 e. The number of rotatable bonds is 3. The van der Waals surface area contributed by atoms with Gasteiger partial charge in [0.05, 0.1) is 4.90 Å². The molecular weight excluding hydrogens is 248 g/mol. The second-order valence-electron chi connectivity index (χ2n) is 2.93. The fourth-order valence-corrected chi connectivity index (χ4v) is 1.53. The van der Waals surface area contributed by atoms with Crippen LogP contribution in [0.3, 0.4) is 0 Å². The Hall–Kier alpha value is -0.850. The van der Waals surface area contributed by atoms with Crippen LogP contribution < -0.4 is 0 Å². The number of carbonyl (C=O) groups excluding carboxylic acids is 1. The van der Waals surface area contributed by atoms with E-state index in [0.29, 0.717) is 6.42 Å². The number of carbonyl (C=O) groups is 1. The van der Waals surface area contributed by atoms with Crippen molar-refractivity contribution < 1.29 is 17.8 Å². The largest absolute Gasteiger partial charge is 0.294 e. The molecule has 0 heterocycles. The fourth-order valence-electron chi connectivity index (χ4n) is 0.806. The van der Waals surface area contributed by atoms with Crippen molar-refractivity contribution in [1.29, 1.82) is 0 Å². The molecule has 0 amide bonds. The van der Waals surface area contributed by atoms with Crippen LogP contribution in [0, 0.1) is 0 Å². The maximum Gasteiger partial charge on any atom is 0.294 e. The highest BCUT2D eigenvalue weighted by atomic mass is 32.2. The summed E-state index contributed by atoms with van der Waals surface area (Å²) in [4.78, 5) is 9.83. The molecule has 0 aliphatic carbocycles. The van der Waals surface area contributed by atoms with Crippen LogP contribution in [0.2, 0.25) is 0 Å². The SMILES string of the molecule is CCCC(=O)S.O=S(=O)(O)c1ccccc1. The Labute approximate surface area is 101 Å². The number of benzene rings is 1. The van der Waals surface area contributed by atoms with Gasteiger partial charge in [0.15, 0.2) is 5.12 Å². The average Bonchev–Trinajstić information content (AvgIpc) is 2.18. The quantitative estimate of drug-likeness (QED) is 0.647. The average molecular weight is 262 g/mol. The van der Waals surface area contributed by atoms with Gasteiger partial charge in [-0.1, -0.05) is 25.1 Å². The van der Waals surface area contributed by atoms with Crippen molar-refractivity contribution in [1.82, 2.24) is 0 Å². The van der Waals surface area contributed by atoms with Gasteiger partial charge in [-0.3, -0.25) is 9.35 Å². The van der Waals surface area contributed by atoms with Gasteiger partial charge in [-0.15, -0.1) is 12.6 Å². The van der Waals surface area contributed by atoms with Crippen molar-refractivity contribution in [3.05, 3.63) is 30.3 Å². The van der Waals surface area contributed by atoms with Gasteiger partial charge in [-0.25, -0.2) is 0 Å². The van der Waals surface area contributed by atoms with Gasteiger partial charge in [0.25, 0.3) is 10.1 Å². The predicted molar refractivity (Wildman–Crippen MR) is 65.2 cm³/mol. The Bertz CT molecular complexity index is 412. The monoisotopic (exact) mass is 262 g/mol. The molecule has 0 radical (unpaired) electrons. The number of hydrogen-bond acceptors (Lipinski definition) is 3.